The largest absolute Gasteiger partial charge is 0.494 e. The summed E-state index contributed by atoms with van der Waals surface area (Å²) in [7, 11) is 0. The maximum absolute atomic E-state index is 5.74. The lowest BCUT2D eigenvalue weighted by Gasteiger charge is -2.10. The Hall–Kier alpha value is -2.16. The molecule has 0 aliphatic carbocycles. The van der Waals surface area contributed by atoms with Gasteiger partial charge >= 0.3 is 0 Å². The molecule has 2 aromatic carbocycles. The molecule has 0 aliphatic heterocycles. The van der Waals surface area contributed by atoms with Gasteiger partial charge in [-0.3, -0.25) is 0 Å². The van der Waals surface area contributed by atoms with Crippen LogP contribution >= 0.6 is 0 Å². The van der Waals surface area contributed by atoms with E-state index in [9.17, 15) is 0 Å². The van der Waals surface area contributed by atoms with Crippen LogP contribution in [0.25, 0.3) is 0 Å². The summed E-state index contributed by atoms with van der Waals surface area (Å²) in [6.45, 7) is 6.76. The van der Waals surface area contributed by atoms with Gasteiger partial charge in [-0.15, -0.1) is 0 Å². The van der Waals surface area contributed by atoms with Gasteiger partial charge in [0.15, 0.2) is 0 Å². The number of hydrogen-bond acceptors (Lipinski definition) is 3. The molecule has 0 aromatic heterocycles. The second kappa shape index (κ2) is 11.4. The van der Waals surface area contributed by atoms with Gasteiger partial charge in [0.1, 0.15) is 11.5 Å². The van der Waals surface area contributed by atoms with Crippen LogP contribution in [0.4, 0.5) is 5.69 Å². The van der Waals surface area contributed by atoms with Crippen LogP contribution in [0.2, 0.25) is 0 Å². The monoisotopic (exact) mass is 341 g/mol. The highest BCUT2D eigenvalue weighted by molar-refractivity contribution is 5.47. The number of unbranched alkanes of at least 4 members (excludes halogenated alkanes) is 3. The van der Waals surface area contributed by atoms with Gasteiger partial charge in [-0.05, 0) is 54.8 Å². The molecule has 2 rings (SSSR count). The van der Waals surface area contributed by atoms with Crippen molar-refractivity contribution in [1.82, 2.24) is 0 Å². The van der Waals surface area contributed by atoms with Crippen LogP contribution in [0.1, 0.15) is 51.5 Å². The van der Waals surface area contributed by atoms with Crippen molar-refractivity contribution < 1.29 is 9.47 Å². The topological polar surface area (TPSA) is 30.5 Å². The van der Waals surface area contributed by atoms with Gasteiger partial charge in [-0.1, -0.05) is 45.2 Å². The summed E-state index contributed by atoms with van der Waals surface area (Å²) in [6, 6.07) is 16.5. The Morgan fingerprint density at radius 2 is 1.24 bits per heavy atom. The Labute approximate surface area is 152 Å². The summed E-state index contributed by atoms with van der Waals surface area (Å²) in [5.74, 6) is 1.89. The fraction of sp³-hybridized carbons (Fsp3) is 0.455. The van der Waals surface area contributed by atoms with Gasteiger partial charge in [0.2, 0.25) is 0 Å². The van der Waals surface area contributed by atoms with E-state index in [1.54, 1.807) is 0 Å². The number of ether oxygens (including phenoxy) is 2. The van der Waals surface area contributed by atoms with Gasteiger partial charge in [-0.25, -0.2) is 0 Å². The summed E-state index contributed by atoms with van der Waals surface area (Å²) in [5, 5.41) is 3.44. The SMILES string of the molecule is CCCCCOc1ccc(CNc2ccc(OCCCC)cc2)cc1. The van der Waals surface area contributed by atoms with Crippen LogP contribution in [-0.2, 0) is 6.54 Å². The molecule has 3 heteroatoms. The van der Waals surface area contributed by atoms with E-state index in [4.69, 9.17) is 9.47 Å². The quantitative estimate of drug-likeness (QED) is 0.477. The molecule has 0 spiro atoms. The minimum Gasteiger partial charge on any atom is -0.494 e. The molecule has 3 nitrogen and oxygen atoms in total. The van der Waals surface area contributed by atoms with Crippen molar-refractivity contribution in [2.45, 2.75) is 52.5 Å². The second-order valence-electron chi connectivity index (χ2n) is 6.28. The molecular weight excluding hydrogens is 310 g/mol. The van der Waals surface area contributed by atoms with Crippen LogP contribution in [0, 0.1) is 0 Å². The van der Waals surface area contributed by atoms with Crippen LogP contribution < -0.4 is 14.8 Å². The van der Waals surface area contributed by atoms with E-state index in [1.807, 2.05) is 24.3 Å². The highest BCUT2D eigenvalue weighted by atomic mass is 16.5. The summed E-state index contributed by atoms with van der Waals surface area (Å²) in [6.07, 6.45) is 5.82. The third-order valence-corrected chi connectivity index (χ3v) is 4.06. The molecule has 0 aliphatic rings. The Balaban J connectivity index is 1.73. The lowest BCUT2D eigenvalue weighted by molar-refractivity contribution is 0.306. The first-order valence-corrected chi connectivity index (χ1v) is 9.50. The number of nitrogens with one attached hydrogen (secondary N) is 1. The molecule has 0 saturated carbocycles. The fourth-order valence-corrected chi connectivity index (χ4v) is 2.45. The van der Waals surface area contributed by atoms with Crippen molar-refractivity contribution in [3.05, 3.63) is 54.1 Å². The molecular formula is C22H31NO2. The normalized spacial score (nSPS) is 10.5. The Morgan fingerprint density at radius 3 is 1.84 bits per heavy atom. The minimum absolute atomic E-state index is 0.788. The number of rotatable bonds is 12. The highest BCUT2D eigenvalue weighted by Crippen LogP contribution is 2.18. The molecule has 0 amide bonds. The van der Waals surface area contributed by atoms with E-state index in [0.29, 0.717) is 0 Å². The zero-order valence-electron chi connectivity index (χ0n) is 15.6. The Bertz CT molecular complexity index is 578. The molecule has 0 radical (unpaired) electrons. The fourth-order valence-electron chi connectivity index (χ4n) is 2.45. The van der Waals surface area contributed by atoms with Crippen LogP contribution in [0.15, 0.2) is 48.5 Å². The molecule has 0 bridgehead atoms. The van der Waals surface area contributed by atoms with Crippen molar-refractivity contribution in [3.8, 4) is 11.5 Å². The van der Waals surface area contributed by atoms with E-state index in [0.717, 1.165) is 56.2 Å². The maximum atomic E-state index is 5.74. The first-order valence-electron chi connectivity index (χ1n) is 9.50. The zero-order valence-corrected chi connectivity index (χ0v) is 15.6. The van der Waals surface area contributed by atoms with E-state index in [2.05, 4.69) is 43.4 Å². The van der Waals surface area contributed by atoms with Gasteiger partial charge in [-0.2, -0.15) is 0 Å². The molecule has 0 heterocycles. The zero-order chi connectivity index (χ0) is 17.7. The molecule has 2 aromatic rings. The average Bonchev–Trinajstić information content (AvgIpc) is 2.66. The van der Waals surface area contributed by atoms with Gasteiger partial charge in [0.25, 0.3) is 0 Å². The standard InChI is InChI=1S/C22H31NO2/c1-3-5-7-17-25-21-12-8-19(9-13-21)18-23-20-10-14-22(15-11-20)24-16-6-4-2/h8-15,23H,3-7,16-18H2,1-2H3. The summed E-state index contributed by atoms with van der Waals surface area (Å²) < 4.78 is 11.4. The predicted octanol–water partition coefficient (Wildman–Crippen LogP) is 6.05. The third-order valence-electron chi connectivity index (χ3n) is 4.06. The first kappa shape index (κ1) is 19.2. The minimum atomic E-state index is 0.788. The molecule has 0 atom stereocenters. The van der Waals surface area contributed by atoms with Crippen molar-refractivity contribution in [2.75, 3.05) is 18.5 Å². The van der Waals surface area contributed by atoms with Crippen molar-refractivity contribution >= 4 is 5.69 Å². The molecule has 0 unspecified atom stereocenters. The van der Waals surface area contributed by atoms with E-state index >= 15 is 0 Å². The molecule has 0 fully saturated rings. The highest BCUT2D eigenvalue weighted by Gasteiger charge is 1.98. The second-order valence-corrected chi connectivity index (χ2v) is 6.28. The molecule has 0 saturated heterocycles. The van der Waals surface area contributed by atoms with Crippen LogP contribution in [0.3, 0.4) is 0 Å². The number of benzene rings is 2. The smallest absolute Gasteiger partial charge is 0.119 e. The van der Waals surface area contributed by atoms with E-state index in [-0.39, 0.29) is 0 Å². The number of hydrogen-bond donors (Lipinski definition) is 1. The van der Waals surface area contributed by atoms with Crippen LogP contribution in [0.5, 0.6) is 11.5 Å². The molecule has 25 heavy (non-hydrogen) atoms. The van der Waals surface area contributed by atoms with Crippen molar-refractivity contribution in [1.29, 1.82) is 0 Å². The summed E-state index contributed by atoms with van der Waals surface area (Å²) in [4.78, 5) is 0. The van der Waals surface area contributed by atoms with Gasteiger partial charge in [0, 0.05) is 12.2 Å². The van der Waals surface area contributed by atoms with Crippen molar-refractivity contribution in [2.24, 2.45) is 0 Å². The summed E-state index contributed by atoms with van der Waals surface area (Å²) >= 11 is 0. The third kappa shape index (κ3) is 7.51. The average molecular weight is 341 g/mol. The number of anilines is 1. The van der Waals surface area contributed by atoms with E-state index < -0.39 is 0 Å². The summed E-state index contributed by atoms with van der Waals surface area (Å²) in [5.41, 5.74) is 2.34. The van der Waals surface area contributed by atoms with E-state index in [1.165, 1.54) is 18.4 Å². The van der Waals surface area contributed by atoms with Gasteiger partial charge in [0.05, 0.1) is 13.2 Å². The van der Waals surface area contributed by atoms with Crippen LogP contribution in [-0.4, -0.2) is 13.2 Å². The van der Waals surface area contributed by atoms with Crippen molar-refractivity contribution in [3.63, 3.8) is 0 Å². The lowest BCUT2D eigenvalue weighted by Crippen LogP contribution is -2.01. The molecule has 136 valence electrons. The lowest BCUT2D eigenvalue weighted by atomic mass is 10.2. The Morgan fingerprint density at radius 1 is 0.680 bits per heavy atom. The van der Waals surface area contributed by atoms with Gasteiger partial charge < -0.3 is 14.8 Å². The first-order chi connectivity index (χ1) is 12.3. The molecule has 1 N–H and O–H groups in total. The Kier molecular flexibility index (Phi) is 8.74. The predicted molar refractivity (Wildman–Crippen MR) is 106 cm³/mol. The maximum Gasteiger partial charge on any atom is 0.119 e.